The number of urea groups is 1. The third kappa shape index (κ3) is 3.52. The first-order chi connectivity index (χ1) is 14.1. The van der Waals surface area contributed by atoms with Gasteiger partial charge in [-0.1, -0.05) is 24.3 Å². The fourth-order valence-electron chi connectivity index (χ4n) is 3.60. The van der Waals surface area contributed by atoms with E-state index in [9.17, 15) is 9.59 Å². The summed E-state index contributed by atoms with van der Waals surface area (Å²) in [6.45, 7) is 1.01. The van der Waals surface area contributed by atoms with E-state index in [-0.39, 0.29) is 12.5 Å². The maximum absolute atomic E-state index is 13.2. The molecule has 3 amide bonds. The number of benzene rings is 2. The maximum Gasteiger partial charge on any atom is 0.329 e. The number of nitrogens with two attached hydrogens (primary N) is 1. The van der Waals surface area contributed by atoms with Crippen molar-refractivity contribution in [3.63, 3.8) is 0 Å². The van der Waals surface area contributed by atoms with Gasteiger partial charge in [0.15, 0.2) is 0 Å². The molecule has 3 aromatic rings. The fraction of sp³-hybridized carbons (Fsp3) is 0.190. The SMILES string of the molecule is COc1cccc(CC(N)=O)c1N1CCN(c2ccc(-c3cn[nH]c3)cc2)C1=O. The van der Waals surface area contributed by atoms with Crippen LogP contribution in [-0.4, -0.2) is 42.3 Å². The molecule has 0 aliphatic carbocycles. The number of nitrogens with zero attached hydrogens (tertiary/aromatic N) is 3. The molecule has 0 bridgehead atoms. The molecule has 1 aromatic heterocycles. The van der Waals surface area contributed by atoms with Gasteiger partial charge in [-0.25, -0.2) is 4.79 Å². The number of ether oxygens (including phenoxy) is 1. The molecule has 0 spiro atoms. The number of carbonyl (C=O) groups is 2. The van der Waals surface area contributed by atoms with Gasteiger partial charge in [-0.3, -0.25) is 19.7 Å². The van der Waals surface area contributed by atoms with Crippen LogP contribution in [-0.2, 0) is 11.2 Å². The number of methoxy groups -OCH3 is 1. The van der Waals surface area contributed by atoms with Gasteiger partial charge in [-0.2, -0.15) is 5.10 Å². The van der Waals surface area contributed by atoms with Crippen molar-refractivity contribution in [2.24, 2.45) is 5.73 Å². The predicted molar refractivity (Wildman–Crippen MR) is 110 cm³/mol. The molecule has 2 aromatic carbocycles. The predicted octanol–water partition coefficient (Wildman–Crippen LogP) is 2.56. The van der Waals surface area contributed by atoms with E-state index >= 15 is 0 Å². The molecule has 0 unspecified atom stereocenters. The van der Waals surface area contributed by atoms with Crippen molar-refractivity contribution >= 4 is 23.3 Å². The minimum atomic E-state index is -0.460. The quantitative estimate of drug-likeness (QED) is 0.674. The Balaban J connectivity index is 1.62. The number of anilines is 2. The largest absolute Gasteiger partial charge is 0.495 e. The first-order valence-corrected chi connectivity index (χ1v) is 9.21. The number of carbonyl (C=O) groups excluding carboxylic acids is 2. The van der Waals surface area contributed by atoms with Crippen LogP contribution >= 0.6 is 0 Å². The molecule has 8 heteroatoms. The first-order valence-electron chi connectivity index (χ1n) is 9.21. The van der Waals surface area contributed by atoms with E-state index in [0.717, 1.165) is 16.8 Å². The molecule has 1 fully saturated rings. The van der Waals surface area contributed by atoms with Gasteiger partial charge < -0.3 is 10.5 Å². The second-order valence-electron chi connectivity index (χ2n) is 6.73. The van der Waals surface area contributed by atoms with Crippen LogP contribution in [0.15, 0.2) is 54.9 Å². The molecule has 148 valence electrons. The molecule has 4 rings (SSSR count). The number of para-hydroxylation sites is 1. The van der Waals surface area contributed by atoms with Gasteiger partial charge in [-0.05, 0) is 29.3 Å². The van der Waals surface area contributed by atoms with Gasteiger partial charge in [0.05, 0.1) is 25.4 Å². The third-order valence-corrected chi connectivity index (χ3v) is 4.96. The number of rotatable bonds is 6. The zero-order valence-electron chi connectivity index (χ0n) is 16.0. The Hall–Kier alpha value is -3.81. The molecule has 3 N–H and O–H groups in total. The molecular weight excluding hydrogens is 370 g/mol. The lowest BCUT2D eigenvalue weighted by molar-refractivity contribution is -0.117. The molecule has 0 atom stereocenters. The Morgan fingerprint density at radius 1 is 1.14 bits per heavy atom. The van der Waals surface area contributed by atoms with Gasteiger partial charge in [0.2, 0.25) is 5.91 Å². The van der Waals surface area contributed by atoms with Crippen molar-refractivity contribution < 1.29 is 14.3 Å². The highest BCUT2D eigenvalue weighted by molar-refractivity contribution is 6.07. The Morgan fingerprint density at radius 3 is 2.55 bits per heavy atom. The molecule has 1 saturated heterocycles. The fourth-order valence-corrected chi connectivity index (χ4v) is 3.60. The van der Waals surface area contributed by atoms with E-state index in [2.05, 4.69) is 10.2 Å². The Labute approximate surface area is 167 Å². The van der Waals surface area contributed by atoms with Crippen LogP contribution in [0.3, 0.4) is 0 Å². The van der Waals surface area contributed by atoms with Crippen molar-refractivity contribution in [2.45, 2.75) is 6.42 Å². The summed E-state index contributed by atoms with van der Waals surface area (Å²) in [4.78, 5) is 28.0. The lowest BCUT2D eigenvalue weighted by Gasteiger charge is -2.23. The highest BCUT2D eigenvalue weighted by atomic mass is 16.5. The average Bonchev–Trinajstić information content (AvgIpc) is 3.38. The normalized spacial score (nSPS) is 13.8. The van der Waals surface area contributed by atoms with E-state index in [1.165, 1.54) is 0 Å². The molecule has 0 saturated carbocycles. The van der Waals surface area contributed by atoms with E-state index < -0.39 is 5.91 Å². The molecule has 1 aliphatic heterocycles. The summed E-state index contributed by atoms with van der Waals surface area (Å²) in [5.74, 6) is 0.0760. The molecule has 0 radical (unpaired) electrons. The van der Waals surface area contributed by atoms with E-state index in [1.807, 2.05) is 30.5 Å². The summed E-state index contributed by atoms with van der Waals surface area (Å²) in [5, 5.41) is 6.75. The van der Waals surface area contributed by atoms with Gasteiger partial charge in [0.1, 0.15) is 5.75 Å². The van der Waals surface area contributed by atoms with E-state index in [1.54, 1.807) is 41.3 Å². The van der Waals surface area contributed by atoms with Crippen molar-refractivity contribution in [3.8, 4) is 16.9 Å². The summed E-state index contributed by atoms with van der Waals surface area (Å²) in [6, 6.07) is 12.9. The highest BCUT2D eigenvalue weighted by Gasteiger charge is 2.33. The number of nitrogens with one attached hydrogen (secondary N) is 1. The number of aromatic amines is 1. The molecule has 2 heterocycles. The average molecular weight is 391 g/mol. The standard InChI is InChI=1S/C21H21N5O3/c1-29-18-4-2-3-15(11-19(22)27)20(18)26-10-9-25(21(26)28)17-7-5-14(6-8-17)16-12-23-24-13-16/h2-8,12-13H,9-11H2,1H3,(H2,22,27)(H,23,24). The van der Waals surface area contributed by atoms with Crippen LogP contribution in [0.1, 0.15) is 5.56 Å². The monoisotopic (exact) mass is 391 g/mol. The van der Waals surface area contributed by atoms with E-state index in [4.69, 9.17) is 10.5 Å². The Kier molecular flexibility index (Phi) is 4.90. The summed E-state index contributed by atoms with van der Waals surface area (Å²) in [5.41, 5.74) is 9.45. The second-order valence-corrected chi connectivity index (χ2v) is 6.73. The number of aromatic nitrogens is 2. The summed E-state index contributed by atoms with van der Waals surface area (Å²) >= 11 is 0. The van der Waals surface area contributed by atoms with Crippen molar-refractivity contribution in [1.82, 2.24) is 10.2 Å². The Bertz CT molecular complexity index is 1030. The van der Waals surface area contributed by atoms with Crippen LogP contribution in [0.4, 0.5) is 16.2 Å². The zero-order valence-corrected chi connectivity index (χ0v) is 16.0. The number of primary amides is 1. The molecular formula is C21H21N5O3. The number of hydrogen-bond acceptors (Lipinski definition) is 4. The summed E-state index contributed by atoms with van der Waals surface area (Å²) < 4.78 is 5.45. The van der Waals surface area contributed by atoms with Crippen LogP contribution in [0.25, 0.3) is 11.1 Å². The lowest BCUT2D eigenvalue weighted by Crippen LogP contribution is -2.33. The van der Waals surface area contributed by atoms with Crippen molar-refractivity contribution in [2.75, 3.05) is 30.0 Å². The van der Waals surface area contributed by atoms with Crippen LogP contribution < -0.4 is 20.3 Å². The molecule has 8 nitrogen and oxygen atoms in total. The summed E-state index contributed by atoms with van der Waals surface area (Å²) in [7, 11) is 1.54. The highest BCUT2D eigenvalue weighted by Crippen LogP contribution is 2.36. The number of amides is 3. The lowest BCUT2D eigenvalue weighted by atomic mass is 10.1. The van der Waals surface area contributed by atoms with Gasteiger partial charge in [0.25, 0.3) is 0 Å². The van der Waals surface area contributed by atoms with Crippen LogP contribution in [0, 0.1) is 0 Å². The maximum atomic E-state index is 13.2. The minimum Gasteiger partial charge on any atom is -0.495 e. The number of hydrogen-bond donors (Lipinski definition) is 2. The smallest absolute Gasteiger partial charge is 0.329 e. The van der Waals surface area contributed by atoms with Gasteiger partial charge in [-0.15, -0.1) is 0 Å². The molecule has 1 aliphatic rings. The molecule has 29 heavy (non-hydrogen) atoms. The van der Waals surface area contributed by atoms with Crippen molar-refractivity contribution in [1.29, 1.82) is 0 Å². The van der Waals surface area contributed by atoms with Crippen molar-refractivity contribution in [3.05, 3.63) is 60.4 Å². The van der Waals surface area contributed by atoms with Gasteiger partial charge >= 0.3 is 6.03 Å². The number of H-pyrrole nitrogens is 1. The zero-order chi connectivity index (χ0) is 20.4. The van der Waals surface area contributed by atoms with Crippen LogP contribution in [0.5, 0.6) is 5.75 Å². The first kappa shape index (κ1) is 18.5. The van der Waals surface area contributed by atoms with Crippen LogP contribution in [0.2, 0.25) is 0 Å². The van der Waals surface area contributed by atoms with E-state index in [0.29, 0.717) is 30.1 Å². The Morgan fingerprint density at radius 2 is 1.90 bits per heavy atom. The minimum absolute atomic E-state index is 0.0374. The second kappa shape index (κ2) is 7.67. The third-order valence-electron chi connectivity index (χ3n) is 4.96. The van der Waals surface area contributed by atoms with Gasteiger partial charge in [0, 0.05) is 30.5 Å². The topological polar surface area (TPSA) is 105 Å². The summed E-state index contributed by atoms with van der Waals surface area (Å²) in [6.07, 6.45) is 3.61.